The van der Waals surface area contributed by atoms with E-state index < -0.39 is 0 Å². The molecule has 0 radical (unpaired) electrons. The minimum Gasteiger partial charge on any atom is -0.350 e. The van der Waals surface area contributed by atoms with Crippen LogP contribution in [0.4, 0.5) is 5.95 Å². The summed E-state index contributed by atoms with van der Waals surface area (Å²) in [7, 11) is 0. The second-order valence-corrected chi connectivity index (χ2v) is 5.21. The van der Waals surface area contributed by atoms with Crippen LogP contribution in [-0.4, -0.2) is 19.9 Å². The Morgan fingerprint density at radius 1 is 0.913 bits per heavy atom. The standard InChI is InChI=1S/C18H15N5/c1-2-5-13(6-3-1)11-22-18-20-10-8-16(23-18)15-12-21-17-14(15)7-4-9-19-17/h1-10,12H,11H2,(H,19,21)(H,20,22,23). The Morgan fingerprint density at radius 2 is 1.83 bits per heavy atom. The summed E-state index contributed by atoms with van der Waals surface area (Å²) >= 11 is 0. The van der Waals surface area contributed by atoms with E-state index >= 15 is 0 Å². The van der Waals surface area contributed by atoms with Gasteiger partial charge in [0.2, 0.25) is 5.95 Å². The highest BCUT2D eigenvalue weighted by molar-refractivity contribution is 5.92. The van der Waals surface area contributed by atoms with Gasteiger partial charge in [-0.05, 0) is 23.8 Å². The highest BCUT2D eigenvalue weighted by Crippen LogP contribution is 2.26. The lowest BCUT2D eigenvalue weighted by atomic mass is 10.1. The number of hydrogen-bond donors (Lipinski definition) is 2. The van der Waals surface area contributed by atoms with Crippen molar-refractivity contribution in [2.45, 2.75) is 6.54 Å². The molecule has 5 heteroatoms. The van der Waals surface area contributed by atoms with Gasteiger partial charge in [0, 0.05) is 36.1 Å². The smallest absolute Gasteiger partial charge is 0.223 e. The Hall–Kier alpha value is -3.21. The van der Waals surface area contributed by atoms with E-state index in [-0.39, 0.29) is 0 Å². The zero-order valence-electron chi connectivity index (χ0n) is 12.4. The minimum absolute atomic E-state index is 0.615. The number of anilines is 1. The van der Waals surface area contributed by atoms with Crippen LogP contribution in [0, 0.1) is 0 Å². The van der Waals surface area contributed by atoms with Crippen LogP contribution in [0.5, 0.6) is 0 Å². The van der Waals surface area contributed by atoms with Crippen LogP contribution in [0.3, 0.4) is 0 Å². The lowest BCUT2D eigenvalue weighted by molar-refractivity contribution is 1.06. The molecule has 0 aliphatic heterocycles. The minimum atomic E-state index is 0.615. The van der Waals surface area contributed by atoms with Crippen LogP contribution in [0.1, 0.15) is 5.56 Å². The maximum Gasteiger partial charge on any atom is 0.223 e. The quantitative estimate of drug-likeness (QED) is 0.604. The summed E-state index contributed by atoms with van der Waals surface area (Å²) in [6.45, 7) is 0.694. The third-order valence-corrected chi connectivity index (χ3v) is 3.68. The number of aromatic amines is 1. The van der Waals surface area contributed by atoms with E-state index in [0.717, 1.165) is 22.3 Å². The van der Waals surface area contributed by atoms with Gasteiger partial charge in [-0.25, -0.2) is 15.0 Å². The fourth-order valence-corrected chi connectivity index (χ4v) is 2.54. The van der Waals surface area contributed by atoms with Gasteiger partial charge in [0.15, 0.2) is 0 Å². The normalized spacial score (nSPS) is 10.8. The molecule has 0 atom stereocenters. The largest absolute Gasteiger partial charge is 0.350 e. The second-order valence-electron chi connectivity index (χ2n) is 5.21. The molecule has 0 aliphatic rings. The van der Waals surface area contributed by atoms with E-state index in [2.05, 4.69) is 37.4 Å². The Bertz CT molecular complexity index is 930. The van der Waals surface area contributed by atoms with Gasteiger partial charge in [0.25, 0.3) is 0 Å². The average Bonchev–Trinajstić information content (AvgIpc) is 3.05. The van der Waals surface area contributed by atoms with Gasteiger partial charge < -0.3 is 10.3 Å². The van der Waals surface area contributed by atoms with Crippen molar-refractivity contribution in [3.63, 3.8) is 0 Å². The monoisotopic (exact) mass is 301 g/mol. The molecule has 0 unspecified atom stereocenters. The summed E-state index contributed by atoms with van der Waals surface area (Å²) in [5, 5.41) is 4.32. The first-order chi connectivity index (χ1) is 11.4. The van der Waals surface area contributed by atoms with E-state index in [1.54, 1.807) is 12.4 Å². The molecular weight excluding hydrogens is 286 g/mol. The van der Waals surface area contributed by atoms with E-state index in [9.17, 15) is 0 Å². The van der Waals surface area contributed by atoms with Crippen molar-refractivity contribution >= 4 is 17.0 Å². The first-order valence-corrected chi connectivity index (χ1v) is 7.43. The molecule has 112 valence electrons. The average molecular weight is 301 g/mol. The van der Waals surface area contributed by atoms with Crippen LogP contribution in [0.15, 0.2) is 67.1 Å². The van der Waals surface area contributed by atoms with Crippen molar-refractivity contribution in [3.05, 3.63) is 72.7 Å². The maximum absolute atomic E-state index is 4.61. The van der Waals surface area contributed by atoms with Crippen molar-refractivity contribution in [2.24, 2.45) is 0 Å². The summed E-state index contributed by atoms with van der Waals surface area (Å²) in [6.07, 6.45) is 5.47. The highest BCUT2D eigenvalue weighted by atomic mass is 15.1. The number of H-pyrrole nitrogens is 1. The molecule has 5 nitrogen and oxygen atoms in total. The highest BCUT2D eigenvalue weighted by Gasteiger charge is 2.08. The van der Waals surface area contributed by atoms with Gasteiger partial charge in [-0.3, -0.25) is 0 Å². The van der Waals surface area contributed by atoms with Crippen LogP contribution < -0.4 is 5.32 Å². The van der Waals surface area contributed by atoms with Crippen molar-refractivity contribution in [3.8, 4) is 11.3 Å². The van der Waals surface area contributed by atoms with Crippen molar-refractivity contribution < 1.29 is 0 Å². The van der Waals surface area contributed by atoms with Gasteiger partial charge in [-0.1, -0.05) is 30.3 Å². The molecule has 3 heterocycles. The SMILES string of the molecule is c1ccc(CNc2nccc(-c3c[nH]c4ncccc34)n2)cc1. The topological polar surface area (TPSA) is 66.5 Å². The lowest BCUT2D eigenvalue weighted by Crippen LogP contribution is -2.03. The number of nitrogens with one attached hydrogen (secondary N) is 2. The van der Waals surface area contributed by atoms with E-state index in [1.807, 2.05) is 42.6 Å². The molecule has 0 saturated carbocycles. The first kappa shape index (κ1) is 13.5. The fraction of sp³-hybridized carbons (Fsp3) is 0.0556. The van der Waals surface area contributed by atoms with Crippen LogP contribution in [-0.2, 0) is 6.54 Å². The molecule has 4 aromatic rings. The van der Waals surface area contributed by atoms with Crippen molar-refractivity contribution in [1.29, 1.82) is 0 Å². The molecule has 2 N–H and O–H groups in total. The molecule has 0 bridgehead atoms. The number of benzene rings is 1. The van der Waals surface area contributed by atoms with E-state index in [4.69, 9.17) is 0 Å². The number of pyridine rings is 1. The summed E-state index contributed by atoms with van der Waals surface area (Å²) < 4.78 is 0. The fourth-order valence-electron chi connectivity index (χ4n) is 2.54. The Labute approximate surface area is 133 Å². The molecule has 0 fully saturated rings. The number of rotatable bonds is 4. The van der Waals surface area contributed by atoms with Gasteiger partial charge in [-0.2, -0.15) is 0 Å². The van der Waals surface area contributed by atoms with Gasteiger partial charge in [-0.15, -0.1) is 0 Å². The number of fused-ring (bicyclic) bond motifs is 1. The van der Waals surface area contributed by atoms with Crippen molar-refractivity contribution in [1.82, 2.24) is 19.9 Å². The molecule has 4 rings (SSSR count). The van der Waals surface area contributed by atoms with Crippen LogP contribution in [0.2, 0.25) is 0 Å². The predicted octanol–water partition coefficient (Wildman–Crippen LogP) is 3.63. The Balaban J connectivity index is 1.61. The summed E-state index contributed by atoms with van der Waals surface area (Å²) in [5.74, 6) is 0.615. The van der Waals surface area contributed by atoms with Crippen LogP contribution in [0.25, 0.3) is 22.3 Å². The van der Waals surface area contributed by atoms with E-state index in [0.29, 0.717) is 12.5 Å². The second kappa shape index (κ2) is 5.88. The number of aromatic nitrogens is 4. The zero-order valence-corrected chi connectivity index (χ0v) is 12.4. The molecule has 0 spiro atoms. The molecule has 0 saturated heterocycles. The zero-order chi connectivity index (χ0) is 15.5. The maximum atomic E-state index is 4.61. The molecular formula is C18H15N5. The Kier molecular flexibility index (Phi) is 3.44. The van der Waals surface area contributed by atoms with Gasteiger partial charge in [0.05, 0.1) is 5.69 Å². The van der Waals surface area contributed by atoms with Crippen LogP contribution >= 0.6 is 0 Å². The predicted molar refractivity (Wildman–Crippen MR) is 90.9 cm³/mol. The molecule has 1 aromatic carbocycles. The summed E-state index contributed by atoms with van der Waals surface area (Å²) in [4.78, 5) is 16.4. The first-order valence-electron chi connectivity index (χ1n) is 7.43. The molecule has 0 aliphatic carbocycles. The third-order valence-electron chi connectivity index (χ3n) is 3.68. The van der Waals surface area contributed by atoms with Gasteiger partial charge >= 0.3 is 0 Å². The summed E-state index contributed by atoms with van der Waals surface area (Å²) in [6, 6.07) is 16.1. The van der Waals surface area contributed by atoms with Gasteiger partial charge in [0.1, 0.15) is 5.65 Å². The molecule has 3 aromatic heterocycles. The summed E-state index contributed by atoms with van der Waals surface area (Å²) in [5.41, 5.74) is 3.95. The molecule has 23 heavy (non-hydrogen) atoms. The number of hydrogen-bond acceptors (Lipinski definition) is 4. The molecule has 0 amide bonds. The van der Waals surface area contributed by atoms with Crippen molar-refractivity contribution in [2.75, 3.05) is 5.32 Å². The van der Waals surface area contributed by atoms with E-state index in [1.165, 1.54) is 5.56 Å². The lowest BCUT2D eigenvalue weighted by Gasteiger charge is -2.06. The third kappa shape index (κ3) is 2.76. The number of nitrogens with zero attached hydrogens (tertiary/aromatic N) is 3. The Morgan fingerprint density at radius 3 is 2.74 bits per heavy atom.